The second-order valence-corrected chi connectivity index (χ2v) is 6.28. The van der Waals surface area contributed by atoms with E-state index < -0.39 is 12.0 Å². The minimum Gasteiger partial charge on any atom is -0.464 e. The molecule has 1 aromatic carbocycles. The predicted molar refractivity (Wildman–Crippen MR) is 110 cm³/mol. The van der Waals surface area contributed by atoms with E-state index in [2.05, 4.69) is 10.6 Å². The minimum absolute atomic E-state index is 0.0937. The van der Waals surface area contributed by atoms with Crippen LogP contribution in [0.2, 0.25) is 0 Å². The van der Waals surface area contributed by atoms with E-state index in [0.717, 1.165) is 5.56 Å². The van der Waals surface area contributed by atoms with Crippen LogP contribution in [0.1, 0.15) is 45.6 Å². The van der Waals surface area contributed by atoms with Gasteiger partial charge in [-0.05, 0) is 51.7 Å². The number of unbranched alkanes of at least 4 members (excludes halogenated alkanes) is 1. The topological polar surface area (TPSA) is 84.5 Å². The number of benzene rings is 1. The van der Waals surface area contributed by atoms with Gasteiger partial charge in [-0.1, -0.05) is 36.4 Å². The maximum Gasteiger partial charge on any atom is 0.328 e. The third-order valence-corrected chi connectivity index (χ3v) is 4.11. The Morgan fingerprint density at radius 1 is 1.14 bits per heavy atom. The molecule has 0 saturated heterocycles. The van der Waals surface area contributed by atoms with Gasteiger partial charge in [-0.15, -0.1) is 0 Å². The number of rotatable bonds is 11. The van der Waals surface area contributed by atoms with E-state index >= 15 is 0 Å². The van der Waals surface area contributed by atoms with Gasteiger partial charge >= 0.3 is 5.97 Å². The fourth-order valence-corrected chi connectivity index (χ4v) is 2.39. The molecule has 0 aliphatic carbocycles. The van der Waals surface area contributed by atoms with Gasteiger partial charge in [0.25, 0.3) is 0 Å². The van der Waals surface area contributed by atoms with E-state index in [1.54, 1.807) is 26.0 Å². The predicted octanol–water partition coefficient (Wildman–Crippen LogP) is 3.00. The van der Waals surface area contributed by atoms with Crippen LogP contribution < -0.4 is 10.6 Å². The molecule has 1 rings (SSSR count). The summed E-state index contributed by atoms with van der Waals surface area (Å²) in [6.45, 7) is 6.06. The van der Waals surface area contributed by atoms with E-state index in [1.807, 2.05) is 37.3 Å². The fourth-order valence-electron chi connectivity index (χ4n) is 2.39. The molecule has 0 aliphatic heterocycles. The number of hydrogen-bond acceptors (Lipinski definition) is 4. The highest BCUT2D eigenvalue weighted by Gasteiger charge is 2.20. The van der Waals surface area contributed by atoms with E-state index in [-0.39, 0.29) is 18.4 Å². The van der Waals surface area contributed by atoms with Gasteiger partial charge in [-0.2, -0.15) is 0 Å². The third kappa shape index (κ3) is 9.16. The molecule has 0 saturated carbocycles. The Hall–Kier alpha value is -2.89. The van der Waals surface area contributed by atoms with Crippen molar-refractivity contribution in [3.63, 3.8) is 0 Å². The summed E-state index contributed by atoms with van der Waals surface area (Å²) < 4.78 is 5.05. The van der Waals surface area contributed by atoms with Crippen molar-refractivity contribution < 1.29 is 19.1 Å². The summed E-state index contributed by atoms with van der Waals surface area (Å²) in [5.41, 5.74) is 1.57. The molecular weight excluding hydrogens is 356 g/mol. The van der Waals surface area contributed by atoms with Crippen LogP contribution in [0.3, 0.4) is 0 Å². The Morgan fingerprint density at radius 3 is 2.50 bits per heavy atom. The zero-order valence-corrected chi connectivity index (χ0v) is 16.9. The van der Waals surface area contributed by atoms with Crippen molar-refractivity contribution in [1.82, 2.24) is 10.6 Å². The van der Waals surface area contributed by atoms with Gasteiger partial charge < -0.3 is 15.4 Å². The first-order valence-corrected chi connectivity index (χ1v) is 9.59. The summed E-state index contributed by atoms with van der Waals surface area (Å²) in [6.07, 6.45) is 6.67. The van der Waals surface area contributed by atoms with Crippen molar-refractivity contribution in [2.24, 2.45) is 0 Å². The normalized spacial score (nSPS) is 12.5. The molecule has 1 atom stereocenters. The van der Waals surface area contributed by atoms with Crippen LogP contribution in [0.4, 0.5) is 0 Å². The molecule has 6 heteroatoms. The molecule has 2 amide bonds. The molecule has 2 N–H and O–H groups in total. The molecule has 152 valence electrons. The molecule has 0 aromatic heterocycles. The monoisotopic (exact) mass is 386 g/mol. The number of nitrogens with one attached hydrogen (secondary N) is 2. The summed E-state index contributed by atoms with van der Waals surface area (Å²) in [6, 6.07) is 8.73. The lowest BCUT2D eigenvalue weighted by Crippen LogP contribution is -2.41. The van der Waals surface area contributed by atoms with Gasteiger partial charge in [0.2, 0.25) is 11.8 Å². The van der Waals surface area contributed by atoms with Gasteiger partial charge in [0.05, 0.1) is 6.61 Å². The maximum absolute atomic E-state index is 12.2. The molecule has 28 heavy (non-hydrogen) atoms. The number of carbonyl (C=O) groups excluding carboxylic acids is 3. The van der Waals surface area contributed by atoms with Gasteiger partial charge in [-0.3, -0.25) is 9.59 Å². The van der Waals surface area contributed by atoms with Crippen molar-refractivity contribution >= 4 is 23.9 Å². The standard InChI is InChI=1S/C22H30N2O4/c1-4-17(3)21(26)23-16-10-9-13-19(22(27)28-5-2)24-20(25)15-14-18-11-7-6-8-12-18/h4,6-8,11-12,14-15,19H,5,9-10,13,16H2,1-3H3,(H,23,26)(H,24,25)/b15-14?,17-4+/t19-/m0/s1. The third-order valence-electron chi connectivity index (χ3n) is 4.11. The Balaban J connectivity index is 2.49. The molecule has 0 aliphatic rings. The largest absolute Gasteiger partial charge is 0.464 e. The van der Waals surface area contributed by atoms with Gasteiger partial charge in [0, 0.05) is 18.2 Å². The number of carbonyl (C=O) groups is 3. The number of ether oxygens (including phenoxy) is 1. The molecule has 1 aromatic rings. The van der Waals surface area contributed by atoms with Gasteiger partial charge in [0.1, 0.15) is 6.04 Å². The average Bonchev–Trinajstić information content (AvgIpc) is 2.71. The van der Waals surface area contributed by atoms with Crippen LogP contribution >= 0.6 is 0 Å². The first kappa shape index (κ1) is 23.1. The van der Waals surface area contributed by atoms with Gasteiger partial charge in [-0.25, -0.2) is 4.79 Å². The highest BCUT2D eigenvalue weighted by Crippen LogP contribution is 2.05. The van der Waals surface area contributed by atoms with E-state index in [9.17, 15) is 14.4 Å². The molecule has 0 fully saturated rings. The van der Waals surface area contributed by atoms with Crippen molar-refractivity contribution in [3.05, 3.63) is 53.6 Å². The Morgan fingerprint density at radius 2 is 1.86 bits per heavy atom. The summed E-state index contributed by atoms with van der Waals surface area (Å²) in [5.74, 6) is -0.888. The SMILES string of the molecule is C/C=C(\C)C(=O)NCCCC[C@H](NC(=O)C=Cc1ccccc1)C(=O)OCC. The first-order chi connectivity index (χ1) is 13.5. The minimum atomic E-state index is -0.708. The lowest BCUT2D eigenvalue weighted by molar-refractivity contribution is -0.147. The van der Waals surface area contributed by atoms with Crippen LogP contribution in [0.15, 0.2) is 48.1 Å². The lowest BCUT2D eigenvalue weighted by Gasteiger charge is -2.16. The fraction of sp³-hybridized carbons (Fsp3) is 0.409. The van der Waals surface area contributed by atoms with Crippen LogP contribution in [-0.4, -0.2) is 37.0 Å². The molecule has 0 radical (unpaired) electrons. The highest BCUT2D eigenvalue weighted by atomic mass is 16.5. The second kappa shape index (κ2) is 13.3. The Labute approximate surface area is 167 Å². The number of allylic oxidation sites excluding steroid dienone is 1. The molecule has 0 heterocycles. The van der Waals surface area contributed by atoms with Crippen molar-refractivity contribution in [3.8, 4) is 0 Å². The van der Waals surface area contributed by atoms with Crippen LogP contribution in [0, 0.1) is 0 Å². The molecule has 0 unspecified atom stereocenters. The maximum atomic E-state index is 12.2. The summed E-state index contributed by atoms with van der Waals surface area (Å²) in [4.78, 5) is 35.9. The zero-order valence-electron chi connectivity index (χ0n) is 16.9. The van der Waals surface area contributed by atoms with E-state index in [0.29, 0.717) is 31.4 Å². The average molecular weight is 386 g/mol. The van der Waals surface area contributed by atoms with Crippen molar-refractivity contribution in [2.75, 3.05) is 13.2 Å². The lowest BCUT2D eigenvalue weighted by atomic mass is 10.1. The second-order valence-electron chi connectivity index (χ2n) is 6.28. The molecule has 0 bridgehead atoms. The van der Waals surface area contributed by atoms with Crippen LogP contribution in [0.5, 0.6) is 0 Å². The van der Waals surface area contributed by atoms with E-state index in [1.165, 1.54) is 6.08 Å². The highest BCUT2D eigenvalue weighted by molar-refractivity contribution is 5.94. The zero-order chi connectivity index (χ0) is 20.8. The quantitative estimate of drug-likeness (QED) is 0.348. The summed E-state index contributed by atoms with van der Waals surface area (Å²) in [5, 5.41) is 5.52. The first-order valence-electron chi connectivity index (χ1n) is 9.59. The molecule has 6 nitrogen and oxygen atoms in total. The Bertz CT molecular complexity index is 696. The van der Waals surface area contributed by atoms with Crippen LogP contribution in [0.25, 0.3) is 6.08 Å². The van der Waals surface area contributed by atoms with Gasteiger partial charge in [0.15, 0.2) is 0 Å². The number of amides is 2. The molecular formula is C22H30N2O4. The van der Waals surface area contributed by atoms with Crippen molar-refractivity contribution in [2.45, 2.75) is 46.1 Å². The summed E-state index contributed by atoms with van der Waals surface area (Å²) >= 11 is 0. The smallest absolute Gasteiger partial charge is 0.328 e. The van der Waals surface area contributed by atoms with Crippen LogP contribution in [-0.2, 0) is 19.1 Å². The molecule has 0 spiro atoms. The van der Waals surface area contributed by atoms with Crippen molar-refractivity contribution in [1.29, 1.82) is 0 Å². The Kier molecular flexibility index (Phi) is 11.0. The number of esters is 1. The van der Waals surface area contributed by atoms with E-state index in [4.69, 9.17) is 4.74 Å². The number of hydrogen-bond donors (Lipinski definition) is 2. The summed E-state index contributed by atoms with van der Waals surface area (Å²) in [7, 11) is 0.